The van der Waals surface area contributed by atoms with Crippen LogP contribution < -0.4 is 9.64 Å². The topological polar surface area (TPSA) is 55.6 Å². The van der Waals surface area contributed by atoms with E-state index in [2.05, 4.69) is 23.4 Å². The van der Waals surface area contributed by atoms with Gasteiger partial charge in [-0.2, -0.15) is 0 Å². The zero-order valence-electron chi connectivity index (χ0n) is 15.0. The Morgan fingerprint density at radius 2 is 1.85 bits per heavy atom. The molecule has 5 rings (SSSR count). The Morgan fingerprint density at radius 3 is 2.78 bits per heavy atom. The Bertz CT molecular complexity index is 1010. The van der Waals surface area contributed by atoms with Gasteiger partial charge in [0.15, 0.2) is 11.5 Å². The predicted octanol–water partition coefficient (Wildman–Crippen LogP) is 4.26. The molecule has 1 aliphatic carbocycles. The fourth-order valence-corrected chi connectivity index (χ4v) is 3.92. The van der Waals surface area contributed by atoms with Crippen LogP contribution in [0.15, 0.2) is 53.1 Å². The molecule has 1 aliphatic heterocycles. The van der Waals surface area contributed by atoms with Crippen molar-refractivity contribution in [3.8, 4) is 17.1 Å². The number of carbonyl (C=O) groups excluding carboxylic acids is 1. The number of benzene rings is 2. The summed E-state index contributed by atoms with van der Waals surface area (Å²) in [6.45, 7) is 0.967. The molecule has 5 nitrogen and oxygen atoms in total. The molecule has 0 atom stereocenters. The normalized spacial score (nSPS) is 15.6. The highest BCUT2D eigenvalue weighted by molar-refractivity contribution is 6.06. The number of rotatable bonds is 2. The van der Waals surface area contributed by atoms with Gasteiger partial charge in [0.05, 0.1) is 12.2 Å². The van der Waals surface area contributed by atoms with E-state index < -0.39 is 0 Å². The Kier molecular flexibility index (Phi) is 3.93. The number of carbonyl (C=O) groups is 1. The van der Waals surface area contributed by atoms with Crippen molar-refractivity contribution in [2.24, 2.45) is 0 Å². The molecule has 0 unspecified atom stereocenters. The maximum atomic E-state index is 13.0. The maximum Gasteiger partial charge on any atom is 0.280 e. The number of nitrogens with zero attached hydrogens (tertiary/aromatic N) is 2. The predicted molar refractivity (Wildman–Crippen MR) is 102 cm³/mol. The van der Waals surface area contributed by atoms with Crippen LogP contribution in [0.25, 0.3) is 11.3 Å². The van der Waals surface area contributed by atoms with E-state index in [0.717, 1.165) is 29.8 Å². The zero-order valence-corrected chi connectivity index (χ0v) is 15.0. The molecule has 1 amide bonds. The van der Waals surface area contributed by atoms with Gasteiger partial charge in [0.1, 0.15) is 12.4 Å². The summed E-state index contributed by atoms with van der Waals surface area (Å²) >= 11 is 0. The van der Waals surface area contributed by atoms with E-state index in [1.54, 1.807) is 11.0 Å². The minimum atomic E-state index is -0.168. The van der Waals surface area contributed by atoms with Crippen LogP contribution >= 0.6 is 0 Å². The molecule has 0 bridgehead atoms. The highest BCUT2D eigenvalue weighted by Crippen LogP contribution is 2.33. The molecular weight excluding hydrogens is 340 g/mol. The third-order valence-corrected chi connectivity index (χ3v) is 5.34. The van der Waals surface area contributed by atoms with E-state index in [-0.39, 0.29) is 5.91 Å². The second-order valence-corrected chi connectivity index (χ2v) is 7.04. The second kappa shape index (κ2) is 6.58. The number of amides is 1. The molecule has 0 radical (unpaired) electrons. The van der Waals surface area contributed by atoms with E-state index in [1.807, 2.05) is 24.3 Å². The van der Waals surface area contributed by atoms with Gasteiger partial charge in [-0.3, -0.25) is 9.69 Å². The lowest BCUT2D eigenvalue weighted by atomic mass is 9.90. The molecule has 3 aromatic rings. The summed E-state index contributed by atoms with van der Waals surface area (Å²) < 4.78 is 11.1. The molecular formula is C22H20N2O3. The molecule has 0 spiro atoms. The quantitative estimate of drug-likeness (QED) is 0.685. The van der Waals surface area contributed by atoms with Crippen molar-refractivity contribution in [3.63, 3.8) is 0 Å². The molecule has 136 valence electrons. The van der Waals surface area contributed by atoms with Crippen LogP contribution in [0, 0.1) is 0 Å². The van der Waals surface area contributed by atoms with Gasteiger partial charge in [-0.15, -0.1) is 0 Å². The van der Waals surface area contributed by atoms with Crippen LogP contribution in [0.1, 0.15) is 34.5 Å². The SMILES string of the molecule is O=C(c1cc(-c2ccc3c(c2)CCCC3)on1)N1CCOc2ccccc21. The second-order valence-electron chi connectivity index (χ2n) is 7.04. The Hall–Kier alpha value is -3.08. The van der Waals surface area contributed by atoms with Crippen molar-refractivity contribution in [2.45, 2.75) is 25.7 Å². The van der Waals surface area contributed by atoms with Crippen molar-refractivity contribution >= 4 is 11.6 Å². The average molecular weight is 360 g/mol. The monoisotopic (exact) mass is 360 g/mol. The van der Waals surface area contributed by atoms with Crippen LogP contribution in [0.5, 0.6) is 5.75 Å². The summed E-state index contributed by atoms with van der Waals surface area (Å²) in [5.41, 5.74) is 4.87. The molecule has 5 heteroatoms. The largest absolute Gasteiger partial charge is 0.490 e. The molecule has 0 saturated carbocycles. The van der Waals surface area contributed by atoms with Gasteiger partial charge < -0.3 is 9.26 Å². The molecule has 2 heterocycles. The summed E-state index contributed by atoms with van der Waals surface area (Å²) in [6.07, 6.45) is 4.74. The highest BCUT2D eigenvalue weighted by Gasteiger charge is 2.27. The summed E-state index contributed by atoms with van der Waals surface area (Å²) in [4.78, 5) is 14.7. The van der Waals surface area contributed by atoms with E-state index in [0.29, 0.717) is 24.6 Å². The number of aromatic nitrogens is 1. The van der Waals surface area contributed by atoms with Gasteiger partial charge in [-0.05, 0) is 55.0 Å². The molecule has 0 fully saturated rings. The fraction of sp³-hybridized carbons (Fsp3) is 0.273. The first-order chi connectivity index (χ1) is 13.3. The van der Waals surface area contributed by atoms with E-state index in [9.17, 15) is 4.79 Å². The average Bonchev–Trinajstić information content (AvgIpc) is 3.23. The highest BCUT2D eigenvalue weighted by atomic mass is 16.5. The first-order valence-electron chi connectivity index (χ1n) is 9.42. The Morgan fingerprint density at radius 1 is 1.00 bits per heavy atom. The lowest BCUT2D eigenvalue weighted by Crippen LogP contribution is -2.38. The van der Waals surface area contributed by atoms with Crippen LogP contribution in [0.3, 0.4) is 0 Å². The minimum absolute atomic E-state index is 0.168. The molecule has 27 heavy (non-hydrogen) atoms. The molecule has 2 aromatic carbocycles. The van der Waals surface area contributed by atoms with Crippen LogP contribution in [0.4, 0.5) is 5.69 Å². The Balaban J connectivity index is 1.44. The first kappa shape index (κ1) is 16.1. The number of hydrogen-bond donors (Lipinski definition) is 0. The Labute approximate surface area is 157 Å². The number of ether oxygens (including phenoxy) is 1. The molecule has 2 aliphatic rings. The number of fused-ring (bicyclic) bond motifs is 2. The smallest absolute Gasteiger partial charge is 0.280 e. The van der Waals surface area contributed by atoms with Crippen LogP contribution in [0.2, 0.25) is 0 Å². The number of aryl methyl sites for hydroxylation is 2. The van der Waals surface area contributed by atoms with Gasteiger partial charge >= 0.3 is 0 Å². The van der Waals surface area contributed by atoms with Gasteiger partial charge in [-0.1, -0.05) is 29.4 Å². The molecule has 1 aromatic heterocycles. The zero-order chi connectivity index (χ0) is 18.2. The van der Waals surface area contributed by atoms with Gasteiger partial charge in [0, 0.05) is 11.6 Å². The number of hydrogen-bond acceptors (Lipinski definition) is 4. The summed E-state index contributed by atoms with van der Waals surface area (Å²) in [5, 5.41) is 4.05. The van der Waals surface area contributed by atoms with E-state index >= 15 is 0 Å². The first-order valence-corrected chi connectivity index (χ1v) is 9.42. The van der Waals surface area contributed by atoms with Gasteiger partial charge in [0.25, 0.3) is 5.91 Å². The van der Waals surface area contributed by atoms with Crippen molar-refractivity contribution in [1.82, 2.24) is 5.16 Å². The third kappa shape index (κ3) is 2.89. The molecule has 0 N–H and O–H groups in total. The standard InChI is InChI=1S/C22H20N2O3/c25-22(24-11-12-26-20-8-4-3-7-19(20)24)18-14-21(27-23-18)17-10-9-15-5-1-2-6-16(15)13-17/h3-4,7-10,13-14H,1-2,5-6,11-12H2. The number of anilines is 1. The number of para-hydroxylation sites is 2. The van der Waals surface area contributed by atoms with Crippen LogP contribution in [-0.4, -0.2) is 24.2 Å². The van der Waals surface area contributed by atoms with Crippen LogP contribution in [-0.2, 0) is 12.8 Å². The maximum absolute atomic E-state index is 13.0. The van der Waals surface area contributed by atoms with Crippen molar-refractivity contribution in [1.29, 1.82) is 0 Å². The van der Waals surface area contributed by atoms with Gasteiger partial charge in [0.2, 0.25) is 0 Å². The van der Waals surface area contributed by atoms with Gasteiger partial charge in [-0.25, -0.2) is 0 Å². The minimum Gasteiger partial charge on any atom is -0.490 e. The molecule has 0 saturated heterocycles. The van der Waals surface area contributed by atoms with Crippen molar-refractivity contribution in [3.05, 3.63) is 65.4 Å². The van der Waals surface area contributed by atoms with E-state index in [4.69, 9.17) is 9.26 Å². The summed E-state index contributed by atoms with van der Waals surface area (Å²) in [5.74, 6) is 1.18. The summed E-state index contributed by atoms with van der Waals surface area (Å²) in [6, 6.07) is 15.7. The fourth-order valence-electron chi connectivity index (χ4n) is 3.92. The van der Waals surface area contributed by atoms with Crippen molar-refractivity contribution < 1.29 is 14.1 Å². The van der Waals surface area contributed by atoms with E-state index in [1.165, 1.54) is 24.0 Å². The third-order valence-electron chi connectivity index (χ3n) is 5.34. The lowest BCUT2D eigenvalue weighted by molar-refractivity contribution is 0.0968. The van der Waals surface area contributed by atoms with Crippen molar-refractivity contribution in [2.75, 3.05) is 18.1 Å². The lowest BCUT2D eigenvalue weighted by Gasteiger charge is -2.28. The summed E-state index contributed by atoms with van der Waals surface area (Å²) in [7, 11) is 0.